The average molecular weight is 454 g/mol. The number of anilines is 2. The molecule has 1 amide bonds. The lowest BCUT2D eigenvalue weighted by Crippen LogP contribution is -2.30. The van der Waals surface area contributed by atoms with Crippen LogP contribution in [0.25, 0.3) is 0 Å². The molecule has 0 bridgehead atoms. The van der Waals surface area contributed by atoms with Crippen molar-refractivity contribution in [1.82, 2.24) is 4.72 Å². The van der Waals surface area contributed by atoms with Crippen molar-refractivity contribution in [2.24, 2.45) is 0 Å². The Morgan fingerprint density at radius 1 is 0.967 bits per heavy atom. The number of rotatable bonds is 9. The lowest BCUT2D eigenvalue weighted by Gasteiger charge is -2.14. The zero-order chi connectivity index (χ0) is 22.5. The Bertz CT molecular complexity index is 1110. The van der Waals surface area contributed by atoms with Crippen LogP contribution in [0.3, 0.4) is 0 Å². The Morgan fingerprint density at radius 2 is 1.57 bits per heavy atom. The highest BCUT2D eigenvalue weighted by Gasteiger charge is 2.17. The smallest absolute Gasteiger partial charge is 0.255 e. The molecule has 0 atom stereocenters. The molecule has 8 nitrogen and oxygen atoms in total. The van der Waals surface area contributed by atoms with Crippen molar-refractivity contribution in [3.8, 4) is 0 Å². The summed E-state index contributed by atoms with van der Waals surface area (Å²) in [5.41, 5.74) is 1.69. The number of nitrogens with one attached hydrogen (secondary N) is 3. The number of hydrogen-bond acceptors (Lipinski definition) is 5. The van der Waals surface area contributed by atoms with Gasteiger partial charge in [0.1, 0.15) is 0 Å². The molecule has 0 fully saturated rings. The first kappa shape index (κ1) is 23.8. The molecule has 0 aliphatic heterocycles. The van der Waals surface area contributed by atoms with Gasteiger partial charge in [0, 0.05) is 17.3 Å². The Balaban J connectivity index is 2.19. The summed E-state index contributed by atoms with van der Waals surface area (Å²) in [4.78, 5) is 12.7. The van der Waals surface area contributed by atoms with Crippen molar-refractivity contribution in [1.29, 1.82) is 0 Å². The number of hydrogen-bond donors (Lipinski definition) is 3. The van der Waals surface area contributed by atoms with Gasteiger partial charge >= 0.3 is 0 Å². The monoisotopic (exact) mass is 453 g/mol. The maximum absolute atomic E-state index is 12.6. The van der Waals surface area contributed by atoms with Crippen molar-refractivity contribution in [2.45, 2.75) is 45.1 Å². The summed E-state index contributed by atoms with van der Waals surface area (Å²) in [6, 6.07) is 10.3. The van der Waals surface area contributed by atoms with E-state index in [1.165, 1.54) is 24.3 Å². The van der Waals surface area contributed by atoms with Gasteiger partial charge in [0.05, 0.1) is 16.3 Å². The molecule has 0 unspecified atom stereocenters. The van der Waals surface area contributed by atoms with Crippen LogP contribution in [0, 0.1) is 6.92 Å². The molecule has 2 aromatic carbocycles. The minimum absolute atomic E-state index is 0.00392. The quantitative estimate of drug-likeness (QED) is 0.539. The summed E-state index contributed by atoms with van der Waals surface area (Å²) < 4.78 is 53.5. The minimum atomic E-state index is -3.64. The molecule has 2 aromatic rings. The molecule has 2 rings (SSSR count). The number of amides is 1. The minimum Gasteiger partial charge on any atom is -0.322 e. The van der Waals surface area contributed by atoms with Gasteiger partial charge in [0.25, 0.3) is 5.91 Å². The van der Waals surface area contributed by atoms with Gasteiger partial charge in [-0.15, -0.1) is 0 Å². The van der Waals surface area contributed by atoms with Gasteiger partial charge < -0.3 is 5.32 Å². The molecule has 0 radical (unpaired) electrons. The molecular weight excluding hydrogens is 426 g/mol. The average Bonchev–Trinajstić information content (AvgIpc) is 2.64. The fourth-order valence-corrected chi connectivity index (χ4v) is 5.17. The van der Waals surface area contributed by atoms with E-state index >= 15 is 0 Å². The highest BCUT2D eigenvalue weighted by molar-refractivity contribution is 7.92. The number of carbonyl (C=O) groups excluding carboxylic acids is 1. The second-order valence-corrected chi connectivity index (χ2v) is 10.7. The van der Waals surface area contributed by atoms with E-state index in [0.29, 0.717) is 23.4 Å². The lowest BCUT2D eigenvalue weighted by molar-refractivity contribution is 0.102. The maximum atomic E-state index is 12.6. The van der Waals surface area contributed by atoms with E-state index in [1.807, 2.05) is 0 Å². The summed E-state index contributed by atoms with van der Waals surface area (Å²) in [5.74, 6) is -0.434. The van der Waals surface area contributed by atoms with E-state index in [1.54, 1.807) is 45.9 Å². The molecule has 10 heteroatoms. The second-order valence-electron chi connectivity index (χ2n) is 7.15. The van der Waals surface area contributed by atoms with E-state index in [2.05, 4.69) is 14.8 Å². The van der Waals surface area contributed by atoms with Crippen LogP contribution in [0.5, 0.6) is 0 Å². The third kappa shape index (κ3) is 6.28. The van der Waals surface area contributed by atoms with Crippen LogP contribution >= 0.6 is 0 Å². The molecule has 0 saturated carbocycles. The van der Waals surface area contributed by atoms with Crippen LogP contribution in [0.15, 0.2) is 47.4 Å². The Hall–Kier alpha value is -2.43. The molecule has 0 aromatic heterocycles. The van der Waals surface area contributed by atoms with Gasteiger partial charge in [-0.1, -0.05) is 13.0 Å². The normalized spacial score (nSPS) is 12.0. The molecule has 0 heterocycles. The van der Waals surface area contributed by atoms with Crippen LogP contribution in [0.4, 0.5) is 11.4 Å². The summed E-state index contributed by atoms with van der Waals surface area (Å²) in [6.07, 6.45) is 0.489. The van der Waals surface area contributed by atoms with Gasteiger partial charge in [0.2, 0.25) is 20.0 Å². The summed E-state index contributed by atoms with van der Waals surface area (Å²) in [7, 11) is -7.10. The van der Waals surface area contributed by atoms with E-state index < -0.39 is 26.0 Å². The van der Waals surface area contributed by atoms with Crippen molar-refractivity contribution >= 4 is 37.3 Å². The number of benzene rings is 2. The van der Waals surface area contributed by atoms with Crippen molar-refractivity contribution in [3.63, 3.8) is 0 Å². The van der Waals surface area contributed by atoms with Gasteiger partial charge in [-0.3, -0.25) is 9.52 Å². The van der Waals surface area contributed by atoms with Crippen LogP contribution in [0.2, 0.25) is 0 Å². The van der Waals surface area contributed by atoms with Gasteiger partial charge in [-0.2, -0.15) is 0 Å². The third-order valence-electron chi connectivity index (χ3n) is 4.14. The van der Waals surface area contributed by atoms with E-state index in [0.717, 1.165) is 0 Å². The van der Waals surface area contributed by atoms with E-state index in [-0.39, 0.29) is 22.3 Å². The second kappa shape index (κ2) is 9.59. The summed E-state index contributed by atoms with van der Waals surface area (Å²) in [6.45, 7) is 6.92. The fraction of sp³-hybridized carbons (Fsp3) is 0.350. The zero-order valence-corrected chi connectivity index (χ0v) is 19.0. The molecule has 30 heavy (non-hydrogen) atoms. The van der Waals surface area contributed by atoms with Crippen LogP contribution in [-0.4, -0.2) is 34.5 Å². The standard InChI is InChI=1S/C20H27N3O5S2/c1-5-13-29(25,26)23-19-8-6-7-18(15(19)4)21-20(24)16-9-11-17(12-10-16)30(27,28)22-14(2)3/h6-12,14,22-23H,5,13H2,1-4H3,(H,21,24). The number of sulfonamides is 2. The lowest BCUT2D eigenvalue weighted by atomic mass is 10.1. The molecule has 3 N–H and O–H groups in total. The Kier molecular flexibility index (Phi) is 7.62. The fourth-order valence-electron chi connectivity index (χ4n) is 2.73. The highest BCUT2D eigenvalue weighted by Crippen LogP contribution is 2.25. The van der Waals surface area contributed by atoms with Gasteiger partial charge in [-0.05, 0) is 69.2 Å². The maximum Gasteiger partial charge on any atom is 0.255 e. The van der Waals surface area contributed by atoms with E-state index in [9.17, 15) is 21.6 Å². The Morgan fingerprint density at radius 3 is 2.13 bits per heavy atom. The summed E-state index contributed by atoms with van der Waals surface area (Å²) >= 11 is 0. The van der Waals surface area contributed by atoms with Crippen molar-refractivity contribution in [2.75, 3.05) is 15.8 Å². The molecular formula is C20H27N3O5S2. The van der Waals surface area contributed by atoms with Crippen LogP contribution in [-0.2, 0) is 20.0 Å². The first-order valence-corrected chi connectivity index (χ1v) is 12.6. The van der Waals surface area contributed by atoms with Crippen molar-refractivity contribution < 1.29 is 21.6 Å². The van der Waals surface area contributed by atoms with Gasteiger partial charge in [-0.25, -0.2) is 21.6 Å². The largest absolute Gasteiger partial charge is 0.322 e. The molecule has 0 aliphatic carbocycles. The van der Waals surface area contributed by atoms with Crippen molar-refractivity contribution in [3.05, 3.63) is 53.6 Å². The third-order valence-corrected chi connectivity index (χ3v) is 7.29. The highest BCUT2D eigenvalue weighted by atomic mass is 32.2. The van der Waals surface area contributed by atoms with Gasteiger partial charge in [0.15, 0.2) is 0 Å². The number of carbonyl (C=O) groups is 1. The molecule has 0 spiro atoms. The zero-order valence-electron chi connectivity index (χ0n) is 17.4. The first-order chi connectivity index (χ1) is 13.9. The molecule has 0 aliphatic rings. The van der Waals surface area contributed by atoms with Crippen LogP contribution in [0.1, 0.15) is 43.1 Å². The molecule has 164 valence electrons. The van der Waals surface area contributed by atoms with E-state index in [4.69, 9.17) is 0 Å². The SMILES string of the molecule is CCCS(=O)(=O)Nc1cccc(NC(=O)c2ccc(S(=O)(=O)NC(C)C)cc2)c1C. The predicted molar refractivity (Wildman–Crippen MR) is 119 cm³/mol. The topological polar surface area (TPSA) is 121 Å². The predicted octanol–water partition coefficient (Wildman–Crippen LogP) is 3.09. The Labute approximate surface area is 178 Å². The first-order valence-electron chi connectivity index (χ1n) is 9.49. The molecule has 0 saturated heterocycles. The van der Waals surface area contributed by atoms with Crippen LogP contribution < -0.4 is 14.8 Å². The summed E-state index contributed by atoms with van der Waals surface area (Å²) in [5, 5.41) is 2.74.